The molecule has 0 bridgehead atoms. The Hall–Kier alpha value is -0.380. The quantitative estimate of drug-likeness (QED) is 0.700. The number of carbonyl (C=O) groups is 1. The van der Waals surface area contributed by atoms with Crippen molar-refractivity contribution in [1.82, 2.24) is 5.32 Å². The zero-order valence-electron chi connectivity index (χ0n) is 7.84. The van der Waals surface area contributed by atoms with Gasteiger partial charge >= 0.3 is 6.09 Å². The second kappa shape index (κ2) is 3.40. The molecule has 2 unspecified atom stereocenters. The van der Waals surface area contributed by atoms with E-state index in [0.29, 0.717) is 12.5 Å². The predicted octanol–water partition coefficient (Wildman–Crippen LogP) is 1.63. The van der Waals surface area contributed by atoms with Crippen LogP contribution in [0.15, 0.2) is 0 Å². The minimum absolute atomic E-state index is 0.246. The maximum atomic E-state index is 11.0. The maximum Gasteiger partial charge on any atom is 0.407 e. The molecule has 2 atom stereocenters. The van der Waals surface area contributed by atoms with Crippen molar-refractivity contribution >= 4 is 17.9 Å². The van der Waals surface area contributed by atoms with E-state index < -0.39 is 0 Å². The fourth-order valence-corrected chi connectivity index (χ4v) is 3.32. The molecule has 0 radical (unpaired) electrons. The van der Waals surface area contributed by atoms with Crippen LogP contribution in [-0.4, -0.2) is 29.7 Å². The normalized spacial score (nSPS) is 39.8. The van der Waals surface area contributed by atoms with Crippen LogP contribution in [-0.2, 0) is 4.74 Å². The molecule has 2 aliphatic heterocycles. The van der Waals surface area contributed by atoms with E-state index in [1.807, 2.05) is 18.7 Å². The van der Waals surface area contributed by atoms with Gasteiger partial charge in [-0.2, -0.15) is 11.8 Å². The van der Waals surface area contributed by atoms with E-state index in [1.165, 1.54) is 18.6 Å². The van der Waals surface area contributed by atoms with Crippen LogP contribution in [0.3, 0.4) is 0 Å². The molecule has 0 aliphatic carbocycles. The van der Waals surface area contributed by atoms with Crippen molar-refractivity contribution < 1.29 is 9.53 Å². The van der Waals surface area contributed by atoms with E-state index >= 15 is 0 Å². The summed E-state index contributed by atoms with van der Waals surface area (Å²) in [5, 5.41) is 2.74. The van der Waals surface area contributed by atoms with E-state index in [9.17, 15) is 4.79 Å². The number of alkyl carbamates (subject to hydrolysis) is 1. The highest BCUT2D eigenvalue weighted by molar-refractivity contribution is 7.99. The highest BCUT2D eigenvalue weighted by Crippen LogP contribution is 2.35. The lowest BCUT2D eigenvalue weighted by molar-refractivity contribution is 0.0258. The molecule has 0 aromatic heterocycles. The molecular formula is C9H15NO2S. The summed E-state index contributed by atoms with van der Waals surface area (Å²) in [5.74, 6) is 2.92. The molecule has 2 fully saturated rings. The van der Waals surface area contributed by atoms with Gasteiger partial charge in [-0.15, -0.1) is 0 Å². The fraction of sp³-hybridized carbons (Fsp3) is 0.889. The minimum atomic E-state index is -0.252. The van der Waals surface area contributed by atoms with Gasteiger partial charge < -0.3 is 10.1 Å². The van der Waals surface area contributed by atoms with Crippen molar-refractivity contribution in [2.24, 2.45) is 5.92 Å². The molecule has 0 spiro atoms. The topological polar surface area (TPSA) is 38.3 Å². The van der Waals surface area contributed by atoms with Crippen molar-refractivity contribution in [2.75, 3.05) is 18.1 Å². The number of carbonyl (C=O) groups excluding carboxylic acids is 1. The Morgan fingerprint density at radius 1 is 1.69 bits per heavy atom. The van der Waals surface area contributed by atoms with E-state index in [4.69, 9.17) is 4.74 Å². The maximum absolute atomic E-state index is 11.0. The van der Waals surface area contributed by atoms with Crippen molar-refractivity contribution in [3.8, 4) is 0 Å². The first-order chi connectivity index (χ1) is 6.21. The van der Waals surface area contributed by atoms with Crippen LogP contribution < -0.4 is 5.32 Å². The van der Waals surface area contributed by atoms with Gasteiger partial charge in [0.05, 0.1) is 6.54 Å². The van der Waals surface area contributed by atoms with Crippen molar-refractivity contribution in [2.45, 2.75) is 25.4 Å². The van der Waals surface area contributed by atoms with Crippen molar-refractivity contribution in [3.05, 3.63) is 0 Å². The number of rotatable bonds is 1. The number of thioether (sulfide) groups is 1. The summed E-state index contributed by atoms with van der Waals surface area (Å²) in [7, 11) is 0. The van der Waals surface area contributed by atoms with Crippen LogP contribution in [0.4, 0.5) is 4.79 Å². The van der Waals surface area contributed by atoms with Gasteiger partial charge in [-0.3, -0.25) is 0 Å². The Kier molecular flexibility index (Phi) is 2.41. The summed E-state index contributed by atoms with van der Waals surface area (Å²) >= 11 is 1.97. The monoisotopic (exact) mass is 201 g/mol. The van der Waals surface area contributed by atoms with Crippen LogP contribution in [0.2, 0.25) is 0 Å². The number of ether oxygens (including phenoxy) is 1. The second-order valence-corrected chi connectivity index (χ2v) is 5.12. The molecule has 1 N–H and O–H groups in total. The highest BCUT2D eigenvalue weighted by atomic mass is 32.2. The van der Waals surface area contributed by atoms with Crippen LogP contribution in [0, 0.1) is 5.92 Å². The van der Waals surface area contributed by atoms with E-state index in [-0.39, 0.29) is 11.7 Å². The number of hydrogen-bond acceptors (Lipinski definition) is 3. The first-order valence-corrected chi connectivity index (χ1v) is 5.91. The Balaban J connectivity index is 2.01. The predicted molar refractivity (Wildman–Crippen MR) is 52.9 cm³/mol. The molecular weight excluding hydrogens is 186 g/mol. The van der Waals surface area contributed by atoms with Gasteiger partial charge in [0.15, 0.2) is 0 Å². The molecule has 2 saturated heterocycles. The Labute approximate surface area is 82.6 Å². The first-order valence-electron chi connectivity index (χ1n) is 4.75. The zero-order valence-corrected chi connectivity index (χ0v) is 8.65. The number of cyclic esters (lactones) is 1. The van der Waals surface area contributed by atoms with Crippen LogP contribution >= 0.6 is 11.8 Å². The van der Waals surface area contributed by atoms with Crippen molar-refractivity contribution in [3.63, 3.8) is 0 Å². The average Bonchev–Trinajstić information content (AvgIpc) is 2.49. The summed E-state index contributed by atoms with van der Waals surface area (Å²) in [6.45, 7) is 2.72. The molecule has 1 amide bonds. The molecule has 0 aromatic carbocycles. The zero-order chi connectivity index (χ0) is 9.31. The molecule has 2 aliphatic rings. The lowest BCUT2D eigenvalue weighted by Gasteiger charge is -2.33. The molecule has 0 aromatic rings. The van der Waals surface area contributed by atoms with Gasteiger partial charge in [0.2, 0.25) is 0 Å². The molecule has 0 saturated carbocycles. The molecule has 3 nitrogen and oxygen atoms in total. The standard InChI is InChI=1S/C9H15NO2S/c1-9(6-10-8(11)12-9)7-3-2-4-13-5-7/h7H,2-6H2,1H3,(H,10,11). The van der Waals surface area contributed by atoms with Crippen LogP contribution in [0.25, 0.3) is 0 Å². The number of nitrogens with one attached hydrogen (secondary N) is 1. The number of amides is 1. The van der Waals surface area contributed by atoms with Gasteiger partial charge in [-0.1, -0.05) is 0 Å². The lowest BCUT2D eigenvalue weighted by Crippen LogP contribution is -2.41. The molecule has 74 valence electrons. The van der Waals surface area contributed by atoms with Gasteiger partial charge in [0, 0.05) is 5.92 Å². The molecule has 13 heavy (non-hydrogen) atoms. The summed E-state index contributed by atoms with van der Waals surface area (Å²) < 4.78 is 5.32. The largest absolute Gasteiger partial charge is 0.441 e. The van der Waals surface area contributed by atoms with Crippen molar-refractivity contribution in [1.29, 1.82) is 0 Å². The van der Waals surface area contributed by atoms with Crippen LogP contribution in [0.5, 0.6) is 0 Å². The van der Waals surface area contributed by atoms with Gasteiger partial charge in [0.1, 0.15) is 5.60 Å². The lowest BCUT2D eigenvalue weighted by atomic mass is 9.87. The van der Waals surface area contributed by atoms with E-state index in [0.717, 1.165) is 5.75 Å². The fourth-order valence-electron chi connectivity index (χ4n) is 1.98. The SMILES string of the molecule is CC1(C2CCCSC2)CNC(=O)O1. The minimum Gasteiger partial charge on any atom is -0.441 e. The Morgan fingerprint density at radius 3 is 3.08 bits per heavy atom. The third-order valence-electron chi connectivity index (χ3n) is 2.93. The Bertz CT molecular complexity index is 216. The second-order valence-electron chi connectivity index (χ2n) is 3.97. The Morgan fingerprint density at radius 2 is 2.54 bits per heavy atom. The molecule has 4 heteroatoms. The first kappa shape index (κ1) is 9.19. The summed E-state index contributed by atoms with van der Waals surface area (Å²) in [5.41, 5.74) is -0.246. The van der Waals surface area contributed by atoms with Gasteiger partial charge in [-0.05, 0) is 31.3 Å². The van der Waals surface area contributed by atoms with Crippen LogP contribution in [0.1, 0.15) is 19.8 Å². The summed E-state index contributed by atoms with van der Waals surface area (Å²) in [6.07, 6.45) is 2.19. The third-order valence-corrected chi connectivity index (χ3v) is 4.15. The molecule has 2 heterocycles. The highest BCUT2D eigenvalue weighted by Gasteiger charge is 2.43. The molecule has 2 rings (SSSR count). The van der Waals surface area contributed by atoms with Gasteiger partial charge in [0.25, 0.3) is 0 Å². The summed E-state index contributed by atoms with van der Waals surface area (Å²) in [4.78, 5) is 11.0. The van der Waals surface area contributed by atoms with E-state index in [1.54, 1.807) is 0 Å². The van der Waals surface area contributed by atoms with Gasteiger partial charge in [-0.25, -0.2) is 4.79 Å². The number of hydrogen-bond donors (Lipinski definition) is 1. The third kappa shape index (κ3) is 1.77. The average molecular weight is 201 g/mol. The smallest absolute Gasteiger partial charge is 0.407 e. The van der Waals surface area contributed by atoms with E-state index in [2.05, 4.69) is 5.32 Å². The summed E-state index contributed by atoms with van der Waals surface area (Å²) in [6, 6.07) is 0.